The third-order valence-corrected chi connectivity index (χ3v) is 5.91. The Bertz CT molecular complexity index is 1100. The van der Waals surface area contributed by atoms with Crippen molar-refractivity contribution in [3.63, 3.8) is 0 Å². The Hall–Kier alpha value is -3.34. The number of hydrogen-bond acceptors (Lipinski definition) is 3. The zero-order valence-corrected chi connectivity index (χ0v) is 17.9. The van der Waals surface area contributed by atoms with E-state index in [9.17, 15) is 9.59 Å². The van der Waals surface area contributed by atoms with Gasteiger partial charge in [-0.1, -0.05) is 42.7 Å². The van der Waals surface area contributed by atoms with Gasteiger partial charge >= 0.3 is 0 Å². The second-order valence-electron chi connectivity index (χ2n) is 8.41. The smallest absolute Gasteiger partial charge is 0.263 e. The quantitative estimate of drug-likeness (QED) is 0.567. The average molecular weight is 416 g/mol. The highest BCUT2D eigenvalue weighted by atomic mass is 16.2. The summed E-state index contributed by atoms with van der Waals surface area (Å²) in [5.41, 5.74) is 3.73. The molecule has 0 saturated heterocycles. The van der Waals surface area contributed by atoms with Crippen LogP contribution < -0.4 is 16.2 Å². The molecule has 4 rings (SSSR count). The van der Waals surface area contributed by atoms with Crippen molar-refractivity contribution in [1.29, 1.82) is 0 Å². The lowest BCUT2D eigenvalue weighted by atomic mass is 10.1. The topological polar surface area (TPSA) is 63.1 Å². The van der Waals surface area contributed by atoms with Crippen molar-refractivity contribution in [2.45, 2.75) is 39.2 Å². The van der Waals surface area contributed by atoms with Crippen LogP contribution in [-0.2, 0) is 6.54 Å². The molecule has 0 unspecified atom stereocenters. The molecule has 1 aromatic heterocycles. The Morgan fingerprint density at radius 2 is 1.74 bits per heavy atom. The fourth-order valence-electron chi connectivity index (χ4n) is 4.19. The van der Waals surface area contributed by atoms with Crippen molar-refractivity contribution < 1.29 is 4.79 Å². The Balaban J connectivity index is 1.40. The lowest BCUT2D eigenvalue weighted by molar-refractivity contribution is 0.102. The molecule has 1 heterocycles. The van der Waals surface area contributed by atoms with Gasteiger partial charge in [-0.2, -0.15) is 0 Å². The predicted octanol–water partition coefficient (Wildman–Crippen LogP) is 5.06. The number of hydrogen-bond donors (Lipinski definition) is 2. The Labute approximate surface area is 183 Å². The molecule has 0 aliphatic heterocycles. The molecule has 0 spiro atoms. The van der Waals surface area contributed by atoms with E-state index in [4.69, 9.17) is 0 Å². The van der Waals surface area contributed by atoms with E-state index in [1.807, 2.05) is 55.5 Å². The van der Waals surface area contributed by atoms with Crippen molar-refractivity contribution in [3.8, 4) is 0 Å². The third kappa shape index (κ3) is 5.43. The number of nitrogens with zero attached hydrogens (tertiary/aromatic N) is 1. The number of benzene rings is 2. The second kappa shape index (κ2) is 9.65. The van der Waals surface area contributed by atoms with E-state index in [1.165, 1.54) is 25.7 Å². The molecule has 1 fully saturated rings. The highest BCUT2D eigenvalue weighted by molar-refractivity contribution is 6.04. The first-order chi connectivity index (χ1) is 15.1. The Morgan fingerprint density at radius 3 is 2.48 bits per heavy atom. The molecular weight excluding hydrogens is 386 g/mol. The van der Waals surface area contributed by atoms with Gasteiger partial charge in [-0.25, -0.2) is 0 Å². The van der Waals surface area contributed by atoms with E-state index >= 15 is 0 Å². The van der Waals surface area contributed by atoms with Gasteiger partial charge in [0.25, 0.3) is 11.5 Å². The zero-order valence-electron chi connectivity index (χ0n) is 17.9. The van der Waals surface area contributed by atoms with Gasteiger partial charge in [0.1, 0.15) is 5.56 Å². The van der Waals surface area contributed by atoms with E-state index < -0.39 is 5.91 Å². The van der Waals surface area contributed by atoms with Crippen LogP contribution in [0.2, 0.25) is 0 Å². The molecule has 1 saturated carbocycles. The van der Waals surface area contributed by atoms with Crippen molar-refractivity contribution >= 4 is 17.3 Å². The van der Waals surface area contributed by atoms with Crippen LogP contribution in [0.1, 0.15) is 47.2 Å². The van der Waals surface area contributed by atoms with Gasteiger partial charge in [0, 0.05) is 24.1 Å². The molecule has 2 aromatic carbocycles. The normalized spacial score (nSPS) is 13.8. The average Bonchev–Trinajstić information content (AvgIpc) is 3.28. The molecule has 2 N–H and O–H groups in total. The largest absolute Gasteiger partial charge is 0.385 e. The molecule has 1 aliphatic rings. The SMILES string of the molecule is Cc1cccc(Cn2cccc(C(=O)Nc3ccc(NCC4CCCC4)cc3)c2=O)c1. The van der Waals surface area contributed by atoms with Gasteiger partial charge in [0.15, 0.2) is 0 Å². The van der Waals surface area contributed by atoms with Crippen LogP contribution in [0.15, 0.2) is 71.7 Å². The van der Waals surface area contributed by atoms with Gasteiger partial charge in [0.05, 0.1) is 6.54 Å². The van der Waals surface area contributed by atoms with E-state index in [0.29, 0.717) is 12.2 Å². The second-order valence-corrected chi connectivity index (χ2v) is 8.41. The fraction of sp³-hybridized carbons (Fsp3) is 0.308. The molecule has 5 nitrogen and oxygen atoms in total. The van der Waals surface area contributed by atoms with E-state index in [0.717, 1.165) is 29.3 Å². The first kappa shape index (κ1) is 20.9. The summed E-state index contributed by atoms with van der Waals surface area (Å²) in [6, 6.07) is 19.0. The van der Waals surface area contributed by atoms with Crippen LogP contribution in [0.25, 0.3) is 0 Å². The third-order valence-electron chi connectivity index (χ3n) is 5.91. The maximum atomic E-state index is 12.8. The minimum atomic E-state index is -0.393. The number of nitrogens with one attached hydrogen (secondary N) is 2. The number of carbonyl (C=O) groups excluding carboxylic acids is 1. The summed E-state index contributed by atoms with van der Waals surface area (Å²) in [6.45, 7) is 3.45. The lowest BCUT2D eigenvalue weighted by Gasteiger charge is -2.13. The maximum Gasteiger partial charge on any atom is 0.263 e. The number of rotatable bonds is 7. The van der Waals surface area contributed by atoms with Crippen molar-refractivity contribution in [3.05, 3.63) is 93.9 Å². The summed E-state index contributed by atoms with van der Waals surface area (Å²) in [5, 5.41) is 6.32. The molecule has 1 amide bonds. The number of aromatic nitrogens is 1. The molecule has 1 aliphatic carbocycles. The highest BCUT2D eigenvalue weighted by Gasteiger charge is 2.15. The van der Waals surface area contributed by atoms with E-state index in [1.54, 1.807) is 22.9 Å². The number of anilines is 2. The summed E-state index contributed by atoms with van der Waals surface area (Å²) in [4.78, 5) is 25.6. The number of amides is 1. The Kier molecular flexibility index (Phi) is 6.51. The first-order valence-electron chi connectivity index (χ1n) is 11.0. The molecular formula is C26H29N3O2. The first-order valence-corrected chi connectivity index (χ1v) is 11.0. The molecule has 0 atom stereocenters. The van der Waals surface area contributed by atoms with Crippen LogP contribution in [0.5, 0.6) is 0 Å². The molecule has 3 aromatic rings. The maximum absolute atomic E-state index is 12.8. The molecule has 5 heteroatoms. The molecule has 0 bridgehead atoms. The monoisotopic (exact) mass is 415 g/mol. The molecule has 160 valence electrons. The summed E-state index contributed by atoms with van der Waals surface area (Å²) in [5.74, 6) is 0.370. The standard InChI is InChI=1S/C26H29N3O2/c1-19-6-4-9-21(16-19)18-29-15-5-10-24(26(29)31)25(30)28-23-13-11-22(12-14-23)27-17-20-7-2-3-8-20/h4-6,9-16,20,27H,2-3,7-8,17-18H2,1H3,(H,28,30). The Morgan fingerprint density at radius 1 is 1.00 bits per heavy atom. The number of carbonyl (C=O) groups is 1. The summed E-state index contributed by atoms with van der Waals surface area (Å²) >= 11 is 0. The van der Waals surface area contributed by atoms with Crippen molar-refractivity contribution in [2.24, 2.45) is 5.92 Å². The van der Waals surface area contributed by atoms with E-state index in [2.05, 4.69) is 10.6 Å². The van der Waals surface area contributed by atoms with Crippen molar-refractivity contribution in [1.82, 2.24) is 4.57 Å². The number of pyridine rings is 1. The van der Waals surface area contributed by atoms with Crippen LogP contribution in [0.3, 0.4) is 0 Å². The number of aryl methyl sites for hydroxylation is 1. The fourth-order valence-corrected chi connectivity index (χ4v) is 4.19. The van der Waals surface area contributed by atoms with Gasteiger partial charge in [-0.3, -0.25) is 9.59 Å². The summed E-state index contributed by atoms with van der Waals surface area (Å²) < 4.78 is 1.57. The predicted molar refractivity (Wildman–Crippen MR) is 126 cm³/mol. The highest BCUT2D eigenvalue weighted by Crippen LogP contribution is 2.25. The van der Waals surface area contributed by atoms with Gasteiger partial charge in [0.2, 0.25) is 0 Å². The summed E-state index contributed by atoms with van der Waals surface area (Å²) in [7, 11) is 0. The minimum Gasteiger partial charge on any atom is -0.385 e. The van der Waals surface area contributed by atoms with Gasteiger partial charge < -0.3 is 15.2 Å². The van der Waals surface area contributed by atoms with Crippen molar-refractivity contribution in [2.75, 3.05) is 17.2 Å². The van der Waals surface area contributed by atoms with Crippen LogP contribution in [0.4, 0.5) is 11.4 Å². The van der Waals surface area contributed by atoms with Crippen LogP contribution in [0, 0.1) is 12.8 Å². The minimum absolute atomic E-state index is 0.138. The summed E-state index contributed by atoms with van der Waals surface area (Å²) in [6.07, 6.45) is 7.00. The van der Waals surface area contributed by atoms with E-state index in [-0.39, 0.29) is 11.1 Å². The molecule has 31 heavy (non-hydrogen) atoms. The van der Waals surface area contributed by atoms with Gasteiger partial charge in [-0.15, -0.1) is 0 Å². The van der Waals surface area contributed by atoms with Gasteiger partial charge in [-0.05, 0) is 67.6 Å². The zero-order chi connectivity index (χ0) is 21.6. The lowest BCUT2D eigenvalue weighted by Crippen LogP contribution is -2.29. The van der Waals surface area contributed by atoms with Crippen LogP contribution >= 0.6 is 0 Å². The van der Waals surface area contributed by atoms with Crippen LogP contribution in [-0.4, -0.2) is 17.0 Å². The molecule has 0 radical (unpaired) electrons.